The minimum Gasteiger partial charge on any atom is -0.470 e. The molecule has 0 saturated carbocycles. The summed E-state index contributed by atoms with van der Waals surface area (Å²) in [5.41, 5.74) is 5.04. The number of carbonyl (C=O) groups is 1. The van der Waals surface area contributed by atoms with Crippen LogP contribution in [0.15, 0.2) is 53.2 Å². The number of fused-ring (bicyclic) bond motifs is 3. The number of amides is 1. The van der Waals surface area contributed by atoms with Gasteiger partial charge in [-0.15, -0.1) is 15.3 Å². The van der Waals surface area contributed by atoms with Crippen LogP contribution in [-0.4, -0.2) is 75.9 Å². The summed E-state index contributed by atoms with van der Waals surface area (Å²) in [4.78, 5) is 17.1. The van der Waals surface area contributed by atoms with Gasteiger partial charge >= 0.3 is 0 Å². The highest BCUT2D eigenvalue weighted by Crippen LogP contribution is 2.29. The molecular weight excluding hydrogens is 520 g/mol. The number of carbonyl (C=O) groups excluding carboxylic acids is 1. The molecule has 1 aliphatic rings. The molecule has 0 atom stereocenters. The number of aliphatic hydroxyl groups excluding tert-OH is 1. The summed E-state index contributed by atoms with van der Waals surface area (Å²) in [6.45, 7) is 3.65. The van der Waals surface area contributed by atoms with Gasteiger partial charge in [-0.25, -0.2) is 5.01 Å². The van der Waals surface area contributed by atoms with Crippen LogP contribution in [0.1, 0.15) is 28.7 Å². The van der Waals surface area contributed by atoms with E-state index in [2.05, 4.69) is 43.2 Å². The third-order valence-corrected chi connectivity index (χ3v) is 8.54. The second-order valence-electron chi connectivity index (χ2n) is 8.88. The molecule has 4 aromatic heterocycles. The Morgan fingerprint density at radius 2 is 2.00 bits per heavy atom. The number of hydrogen-bond donors (Lipinski definition) is 2. The summed E-state index contributed by atoms with van der Waals surface area (Å²) >= 11 is 0. The maximum absolute atomic E-state index is 12.7. The molecule has 2 N–H and O–H groups in total. The molecule has 6 rings (SSSR count). The van der Waals surface area contributed by atoms with Crippen molar-refractivity contribution in [3.63, 3.8) is 0 Å². The maximum Gasteiger partial charge on any atom is 0.267 e. The zero-order valence-corrected chi connectivity index (χ0v) is 22.0. The van der Waals surface area contributed by atoms with Crippen molar-refractivity contribution in [1.82, 2.24) is 40.4 Å². The number of hydrazine groups is 1. The number of pyridine rings is 1. The quantitative estimate of drug-likeness (QED) is 0.292. The van der Waals surface area contributed by atoms with E-state index in [9.17, 15) is 9.90 Å². The molecule has 5 heterocycles. The number of benzene rings is 1. The first-order chi connectivity index (χ1) is 19.1. The van der Waals surface area contributed by atoms with E-state index in [-0.39, 0.29) is 19.1 Å². The lowest BCUT2D eigenvalue weighted by Gasteiger charge is -2.29. The highest BCUT2D eigenvalue weighted by Gasteiger charge is 2.19. The third-order valence-electron chi connectivity index (χ3n) is 6.46. The second-order valence-corrected chi connectivity index (χ2v) is 11.2. The Morgan fingerprint density at radius 1 is 1.18 bits per heavy atom. The van der Waals surface area contributed by atoms with Crippen molar-refractivity contribution < 1.29 is 19.2 Å². The van der Waals surface area contributed by atoms with Crippen LogP contribution >= 0.6 is 10.5 Å². The molecule has 0 bridgehead atoms. The van der Waals surface area contributed by atoms with E-state index in [4.69, 9.17) is 9.26 Å². The van der Waals surface area contributed by atoms with Crippen molar-refractivity contribution in [3.05, 3.63) is 65.7 Å². The molecule has 200 valence electrons. The average molecular weight is 547 g/mol. The first-order valence-electron chi connectivity index (χ1n) is 12.4. The van der Waals surface area contributed by atoms with E-state index in [0.717, 1.165) is 35.4 Å². The Balaban J connectivity index is 1.20. The van der Waals surface area contributed by atoms with Crippen LogP contribution in [0.25, 0.3) is 27.9 Å². The predicted octanol–water partition coefficient (Wildman–Crippen LogP) is 2.45. The first-order valence-corrected chi connectivity index (χ1v) is 14.1. The smallest absolute Gasteiger partial charge is 0.267 e. The molecule has 1 aliphatic heterocycles. The Morgan fingerprint density at radius 3 is 2.72 bits per heavy atom. The van der Waals surface area contributed by atoms with Gasteiger partial charge in [-0.3, -0.25) is 15.2 Å². The molecule has 12 nitrogen and oxygen atoms in total. The van der Waals surface area contributed by atoms with Gasteiger partial charge in [0, 0.05) is 47.6 Å². The van der Waals surface area contributed by atoms with Gasteiger partial charge in [-0.05, 0) is 25.1 Å². The number of hydrogen-bond acceptors (Lipinski definition) is 10. The van der Waals surface area contributed by atoms with Crippen molar-refractivity contribution >= 4 is 38.2 Å². The number of aromatic nitrogens is 6. The van der Waals surface area contributed by atoms with Crippen LogP contribution in [0.2, 0.25) is 0 Å². The minimum atomic E-state index is -0.279. The van der Waals surface area contributed by atoms with Gasteiger partial charge in [-0.1, -0.05) is 28.7 Å². The topological polar surface area (TPSA) is 144 Å². The zero-order chi connectivity index (χ0) is 26.8. The Labute approximate surface area is 225 Å². The average Bonchev–Trinajstić information content (AvgIpc) is 3.64. The summed E-state index contributed by atoms with van der Waals surface area (Å²) in [5, 5.41) is 32.2. The molecule has 0 unspecified atom stereocenters. The maximum atomic E-state index is 12.7. The molecule has 1 amide bonds. The zero-order valence-electron chi connectivity index (χ0n) is 21.1. The fourth-order valence-electron chi connectivity index (χ4n) is 4.32. The molecule has 0 spiro atoms. The first kappa shape index (κ1) is 25.1. The van der Waals surface area contributed by atoms with E-state index in [1.807, 2.05) is 29.3 Å². The molecule has 0 aliphatic carbocycles. The molecule has 1 aromatic carbocycles. The summed E-state index contributed by atoms with van der Waals surface area (Å²) in [6.07, 6.45) is 1.55. The highest BCUT2D eigenvalue weighted by atomic mass is 32.2. The van der Waals surface area contributed by atoms with E-state index >= 15 is 0 Å². The predicted molar refractivity (Wildman–Crippen MR) is 146 cm³/mol. The third kappa shape index (κ3) is 5.11. The van der Waals surface area contributed by atoms with Crippen molar-refractivity contribution in [1.29, 1.82) is 0 Å². The molecule has 5 aromatic rings. The van der Waals surface area contributed by atoms with Crippen molar-refractivity contribution in [2.45, 2.75) is 20.1 Å². The number of ether oxygens (including phenoxy) is 1. The summed E-state index contributed by atoms with van der Waals surface area (Å²) in [5.74, 6) is 2.99. The lowest BCUT2D eigenvalue weighted by molar-refractivity contribution is 0.0804. The van der Waals surface area contributed by atoms with Crippen LogP contribution in [0.3, 0.4) is 0 Å². The van der Waals surface area contributed by atoms with Crippen molar-refractivity contribution in [2.24, 2.45) is 0 Å². The molecular formula is C26H26N8O4S. The number of nitrogens with one attached hydrogen (secondary N) is 1. The van der Waals surface area contributed by atoms with Crippen LogP contribution in [0, 0.1) is 0 Å². The Hall–Kier alpha value is -4.20. The monoisotopic (exact) mass is 546 g/mol. The van der Waals surface area contributed by atoms with E-state index < -0.39 is 0 Å². The van der Waals surface area contributed by atoms with Gasteiger partial charge in [0.1, 0.15) is 13.2 Å². The highest BCUT2D eigenvalue weighted by molar-refractivity contribution is 8.15. The molecule has 1 saturated heterocycles. The van der Waals surface area contributed by atoms with Crippen molar-refractivity contribution in [2.75, 3.05) is 24.6 Å². The largest absolute Gasteiger partial charge is 0.470 e. The molecule has 0 radical (unpaired) electrons. The van der Waals surface area contributed by atoms with E-state index in [1.165, 1.54) is 0 Å². The van der Waals surface area contributed by atoms with Gasteiger partial charge in [0.05, 0.1) is 11.3 Å². The Kier molecular flexibility index (Phi) is 7.00. The van der Waals surface area contributed by atoms with Crippen LogP contribution < -0.4 is 10.2 Å². The summed E-state index contributed by atoms with van der Waals surface area (Å²) in [7, 11) is 0.347. The van der Waals surface area contributed by atoms with E-state index in [0.29, 0.717) is 50.5 Å². The van der Waals surface area contributed by atoms with E-state index in [1.54, 1.807) is 28.9 Å². The number of rotatable bonds is 7. The van der Waals surface area contributed by atoms with Gasteiger partial charge in [0.25, 0.3) is 5.91 Å². The summed E-state index contributed by atoms with van der Waals surface area (Å²) in [6, 6.07) is 12.7. The summed E-state index contributed by atoms with van der Waals surface area (Å²) < 4.78 is 12.7. The minimum absolute atomic E-state index is 0.141. The van der Waals surface area contributed by atoms with Crippen LogP contribution in [0.4, 0.5) is 0 Å². The number of aliphatic hydroxyl groups is 1. The van der Waals surface area contributed by atoms with Crippen molar-refractivity contribution in [3.8, 4) is 17.4 Å². The molecule has 1 fully saturated rings. The fraction of sp³-hybridized carbons (Fsp3) is 0.269. The van der Waals surface area contributed by atoms with Gasteiger partial charge in [0.15, 0.2) is 17.1 Å². The SMILES string of the molecule is CC=S1CCN(NC(=O)c2ccc(COc3nn4c(-c5cc(CO)on5)nnc4c4ccccc34)nc2)CC1. The second kappa shape index (κ2) is 10.9. The molecule has 39 heavy (non-hydrogen) atoms. The van der Waals surface area contributed by atoms with Crippen LogP contribution in [0.5, 0.6) is 5.88 Å². The normalized spacial score (nSPS) is 14.6. The van der Waals surface area contributed by atoms with Gasteiger partial charge in [-0.2, -0.15) is 15.0 Å². The van der Waals surface area contributed by atoms with Crippen LogP contribution in [-0.2, 0) is 13.2 Å². The van der Waals surface area contributed by atoms with Gasteiger partial charge < -0.3 is 14.4 Å². The molecule has 13 heteroatoms. The van der Waals surface area contributed by atoms with Gasteiger partial charge in [0.2, 0.25) is 11.7 Å². The number of nitrogens with zero attached hydrogens (tertiary/aromatic N) is 7. The fourth-order valence-corrected chi connectivity index (χ4v) is 5.91. The standard InChI is InChI=1S/C26H26N8O4S/c1-2-39-11-9-33(10-12-39)30-25(36)17-7-8-18(27-14-17)16-37-26-21-6-4-3-5-20(21)23-28-29-24(34(23)31-26)22-13-19(15-35)38-32-22/h2-8,13-14,35H,9-12,15-16H2,1H3,(H,30,36). The Bertz CT molecular complexity index is 1670. The lowest BCUT2D eigenvalue weighted by Crippen LogP contribution is -2.47. The lowest BCUT2D eigenvalue weighted by atomic mass is 10.2.